The Hall–Kier alpha value is -2.76. The van der Waals surface area contributed by atoms with Gasteiger partial charge in [0.2, 0.25) is 5.91 Å². The van der Waals surface area contributed by atoms with Crippen LogP contribution in [0.5, 0.6) is 0 Å². The third-order valence-electron chi connectivity index (χ3n) is 4.11. The molecule has 4 nitrogen and oxygen atoms in total. The van der Waals surface area contributed by atoms with E-state index in [0.29, 0.717) is 5.56 Å². The summed E-state index contributed by atoms with van der Waals surface area (Å²) in [7, 11) is 0. The first-order chi connectivity index (χ1) is 12.9. The van der Waals surface area contributed by atoms with Gasteiger partial charge in [0.25, 0.3) is 0 Å². The number of hydrogen-bond acceptors (Lipinski definition) is 3. The number of carbonyl (C=O) groups excluding carboxylic acids is 2. The van der Waals surface area contributed by atoms with Crippen LogP contribution in [0.2, 0.25) is 0 Å². The van der Waals surface area contributed by atoms with Gasteiger partial charge in [-0.1, -0.05) is 61.5 Å². The second kappa shape index (κ2) is 9.26. The Morgan fingerprint density at radius 1 is 1.00 bits per heavy atom. The quantitative estimate of drug-likeness (QED) is 0.691. The van der Waals surface area contributed by atoms with Crippen molar-refractivity contribution in [3.05, 3.63) is 60.2 Å². The van der Waals surface area contributed by atoms with E-state index in [1.54, 1.807) is 31.2 Å². The molecule has 1 unspecified atom stereocenters. The van der Waals surface area contributed by atoms with Crippen LogP contribution in [0.4, 0.5) is 8.78 Å². The van der Waals surface area contributed by atoms with Crippen LogP contribution in [0.1, 0.15) is 38.3 Å². The van der Waals surface area contributed by atoms with E-state index in [-0.39, 0.29) is 18.9 Å². The molecule has 0 aliphatic rings. The van der Waals surface area contributed by atoms with Gasteiger partial charge in [0.1, 0.15) is 0 Å². The van der Waals surface area contributed by atoms with E-state index in [9.17, 15) is 18.4 Å². The molecule has 0 saturated heterocycles. The van der Waals surface area contributed by atoms with Gasteiger partial charge in [-0.3, -0.25) is 4.79 Å². The maximum Gasteiger partial charge on any atom is 0.377 e. The number of ether oxygens (including phenoxy) is 1. The van der Waals surface area contributed by atoms with Crippen LogP contribution in [0, 0.1) is 0 Å². The standard InChI is InChI=1S/C21H23F2NO3/c1-3-19(25)24-18(14-21(22,23)20(26)27-4-2)17-12-10-16(11-13-17)15-8-6-5-7-9-15/h5-13,18H,3-4,14H2,1-2H3,(H,24,25). The van der Waals surface area contributed by atoms with Crippen LogP contribution >= 0.6 is 0 Å². The number of nitrogens with one attached hydrogen (secondary N) is 1. The van der Waals surface area contributed by atoms with E-state index < -0.39 is 24.4 Å². The lowest BCUT2D eigenvalue weighted by Crippen LogP contribution is -2.38. The molecule has 0 heterocycles. The number of alkyl halides is 2. The summed E-state index contributed by atoms with van der Waals surface area (Å²) in [5, 5.41) is 2.57. The predicted octanol–water partition coefficient (Wildman–Crippen LogP) is 4.51. The molecule has 0 bridgehead atoms. The van der Waals surface area contributed by atoms with Crippen molar-refractivity contribution in [1.82, 2.24) is 5.32 Å². The van der Waals surface area contributed by atoms with Crippen LogP contribution < -0.4 is 5.32 Å². The van der Waals surface area contributed by atoms with Crippen LogP contribution in [0.15, 0.2) is 54.6 Å². The third kappa shape index (κ3) is 5.61. The third-order valence-corrected chi connectivity index (χ3v) is 4.11. The van der Waals surface area contributed by atoms with Gasteiger partial charge in [0.15, 0.2) is 0 Å². The van der Waals surface area contributed by atoms with Crippen LogP contribution in [0.25, 0.3) is 11.1 Å². The van der Waals surface area contributed by atoms with Crippen LogP contribution in [-0.4, -0.2) is 24.4 Å². The molecular weight excluding hydrogens is 352 g/mol. The zero-order valence-electron chi connectivity index (χ0n) is 15.4. The van der Waals surface area contributed by atoms with E-state index in [1.165, 1.54) is 6.92 Å². The number of hydrogen-bond donors (Lipinski definition) is 1. The molecule has 1 amide bonds. The molecule has 0 aromatic heterocycles. The Balaban J connectivity index is 2.25. The fourth-order valence-electron chi connectivity index (χ4n) is 2.66. The summed E-state index contributed by atoms with van der Waals surface area (Å²) in [5.74, 6) is -5.65. The largest absolute Gasteiger partial charge is 0.462 e. The molecule has 0 radical (unpaired) electrons. The van der Waals surface area contributed by atoms with E-state index in [0.717, 1.165) is 11.1 Å². The Labute approximate surface area is 157 Å². The minimum Gasteiger partial charge on any atom is -0.462 e. The fourth-order valence-corrected chi connectivity index (χ4v) is 2.66. The van der Waals surface area contributed by atoms with Crippen molar-refractivity contribution in [1.29, 1.82) is 0 Å². The lowest BCUT2D eigenvalue weighted by molar-refractivity contribution is -0.173. The fraction of sp³-hybridized carbons (Fsp3) is 0.333. The molecule has 1 atom stereocenters. The highest BCUT2D eigenvalue weighted by Crippen LogP contribution is 2.31. The highest BCUT2D eigenvalue weighted by molar-refractivity contribution is 5.78. The number of benzene rings is 2. The molecule has 0 fully saturated rings. The normalized spacial score (nSPS) is 12.3. The molecule has 0 aliphatic carbocycles. The van der Waals surface area contributed by atoms with E-state index >= 15 is 0 Å². The van der Waals surface area contributed by atoms with Crippen molar-refractivity contribution in [2.24, 2.45) is 0 Å². The van der Waals surface area contributed by atoms with E-state index in [4.69, 9.17) is 0 Å². The molecule has 144 valence electrons. The van der Waals surface area contributed by atoms with Gasteiger partial charge in [-0.05, 0) is 23.6 Å². The summed E-state index contributed by atoms with van der Waals surface area (Å²) in [6.45, 7) is 2.97. The van der Waals surface area contributed by atoms with Gasteiger partial charge in [-0.15, -0.1) is 0 Å². The van der Waals surface area contributed by atoms with Gasteiger partial charge in [-0.25, -0.2) is 4.79 Å². The number of halogens is 2. The van der Waals surface area contributed by atoms with Crippen molar-refractivity contribution in [3.63, 3.8) is 0 Å². The Morgan fingerprint density at radius 2 is 1.59 bits per heavy atom. The molecule has 6 heteroatoms. The number of amides is 1. The molecule has 1 N–H and O–H groups in total. The SMILES string of the molecule is CCOC(=O)C(F)(F)CC(NC(=O)CC)c1ccc(-c2ccccc2)cc1. The van der Waals surface area contributed by atoms with Gasteiger partial charge in [0, 0.05) is 12.8 Å². The Kier molecular flexibility index (Phi) is 7.05. The lowest BCUT2D eigenvalue weighted by Gasteiger charge is -2.23. The molecule has 0 spiro atoms. The molecule has 0 aliphatic heterocycles. The van der Waals surface area contributed by atoms with Crippen LogP contribution in [0.3, 0.4) is 0 Å². The zero-order valence-corrected chi connectivity index (χ0v) is 15.4. The Morgan fingerprint density at radius 3 is 2.15 bits per heavy atom. The zero-order chi connectivity index (χ0) is 19.9. The predicted molar refractivity (Wildman–Crippen MR) is 99.2 cm³/mol. The summed E-state index contributed by atoms with van der Waals surface area (Å²) in [5.41, 5.74) is 2.42. The van der Waals surface area contributed by atoms with Crippen molar-refractivity contribution in [3.8, 4) is 11.1 Å². The summed E-state index contributed by atoms with van der Waals surface area (Å²) in [4.78, 5) is 23.3. The van der Waals surface area contributed by atoms with E-state index in [2.05, 4.69) is 10.1 Å². The van der Waals surface area contributed by atoms with Crippen molar-refractivity contribution < 1.29 is 23.1 Å². The average molecular weight is 375 g/mol. The second-order valence-electron chi connectivity index (χ2n) is 6.09. The highest BCUT2D eigenvalue weighted by atomic mass is 19.3. The number of carbonyl (C=O) groups is 2. The summed E-state index contributed by atoms with van der Waals surface area (Å²) < 4.78 is 32.9. The van der Waals surface area contributed by atoms with Gasteiger partial charge >= 0.3 is 11.9 Å². The Bertz CT molecular complexity index is 761. The summed E-state index contributed by atoms with van der Waals surface area (Å²) >= 11 is 0. The topological polar surface area (TPSA) is 55.4 Å². The minimum atomic E-state index is -3.69. The van der Waals surface area contributed by atoms with Gasteiger partial charge in [-0.2, -0.15) is 8.78 Å². The maximum atomic E-state index is 14.2. The smallest absolute Gasteiger partial charge is 0.377 e. The number of esters is 1. The molecule has 2 aromatic carbocycles. The van der Waals surface area contributed by atoms with E-state index in [1.807, 2.05) is 30.3 Å². The second-order valence-corrected chi connectivity index (χ2v) is 6.09. The average Bonchev–Trinajstić information content (AvgIpc) is 2.68. The van der Waals surface area contributed by atoms with Gasteiger partial charge in [0.05, 0.1) is 12.6 Å². The summed E-state index contributed by atoms with van der Waals surface area (Å²) in [6, 6.07) is 15.6. The van der Waals surface area contributed by atoms with Crippen molar-refractivity contribution >= 4 is 11.9 Å². The maximum absolute atomic E-state index is 14.2. The van der Waals surface area contributed by atoms with Crippen molar-refractivity contribution in [2.45, 2.75) is 38.7 Å². The summed E-state index contributed by atoms with van der Waals surface area (Å²) in [6.07, 6.45) is -0.703. The van der Waals surface area contributed by atoms with Crippen molar-refractivity contribution in [2.75, 3.05) is 6.61 Å². The monoisotopic (exact) mass is 375 g/mol. The highest BCUT2D eigenvalue weighted by Gasteiger charge is 2.43. The minimum absolute atomic E-state index is 0.133. The molecule has 0 saturated carbocycles. The first kappa shape index (κ1) is 20.6. The number of rotatable bonds is 8. The molecular formula is C21H23F2NO3. The van der Waals surface area contributed by atoms with Crippen LogP contribution in [-0.2, 0) is 14.3 Å². The molecule has 2 aromatic rings. The first-order valence-corrected chi connectivity index (χ1v) is 8.87. The first-order valence-electron chi connectivity index (χ1n) is 8.87. The molecule has 27 heavy (non-hydrogen) atoms. The van der Waals surface area contributed by atoms with Gasteiger partial charge < -0.3 is 10.1 Å². The lowest BCUT2D eigenvalue weighted by atomic mass is 9.96. The molecule has 2 rings (SSSR count).